The summed E-state index contributed by atoms with van der Waals surface area (Å²) in [4.78, 5) is 13.3. The summed E-state index contributed by atoms with van der Waals surface area (Å²) in [5.74, 6) is 0.360. The zero-order valence-corrected chi connectivity index (χ0v) is 7.47. The third-order valence-electron chi connectivity index (χ3n) is 2.39. The molecule has 1 fully saturated rings. The predicted molar refractivity (Wildman–Crippen MR) is 45.3 cm³/mol. The third-order valence-corrected chi connectivity index (χ3v) is 2.39. The number of nitrogens with zero attached hydrogens (tertiary/aromatic N) is 1. The fourth-order valence-electron chi connectivity index (χ4n) is 1.77. The Hall–Kier alpha value is -0.530. The summed E-state index contributed by atoms with van der Waals surface area (Å²) < 4.78 is 0. The van der Waals surface area contributed by atoms with Crippen LogP contribution in [0.4, 0.5) is 0 Å². The molecule has 0 saturated carbocycles. The van der Waals surface area contributed by atoms with Crippen LogP contribution in [0, 0.1) is 0 Å². The number of hydrogen-bond donors (Lipinski definition) is 0. The van der Waals surface area contributed by atoms with Crippen molar-refractivity contribution in [2.75, 3.05) is 6.54 Å². The van der Waals surface area contributed by atoms with Gasteiger partial charge in [-0.3, -0.25) is 4.79 Å². The maximum absolute atomic E-state index is 11.3. The first kappa shape index (κ1) is 8.57. The van der Waals surface area contributed by atoms with E-state index in [9.17, 15) is 4.79 Å². The standard InChI is InChI=1S/C9H17NO/c1-3-7-10-8(4-2)5-6-9(10)11/h8H,3-7H2,1-2H3. The number of amides is 1. The molecule has 0 aromatic rings. The van der Waals surface area contributed by atoms with E-state index in [-0.39, 0.29) is 0 Å². The van der Waals surface area contributed by atoms with Crippen LogP contribution in [-0.2, 0) is 4.79 Å². The van der Waals surface area contributed by atoms with Crippen molar-refractivity contribution in [2.45, 2.75) is 45.6 Å². The highest BCUT2D eigenvalue weighted by atomic mass is 16.2. The average Bonchev–Trinajstić information content (AvgIpc) is 2.34. The van der Waals surface area contributed by atoms with Crippen LogP contribution >= 0.6 is 0 Å². The van der Waals surface area contributed by atoms with Gasteiger partial charge in [0.2, 0.25) is 5.91 Å². The second-order valence-corrected chi connectivity index (χ2v) is 3.19. The van der Waals surface area contributed by atoms with Gasteiger partial charge in [0.1, 0.15) is 0 Å². The van der Waals surface area contributed by atoms with E-state index in [1.165, 1.54) is 0 Å². The Kier molecular flexibility index (Phi) is 2.92. The topological polar surface area (TPSA) is 20.3 Å². The molecule has 1 rings (SSSR count). The Bertz CT molecular complexity index is 144. The molecule has 1 unspecified atom stereocenters. The van der Waals surface area contributed by atoms with Gasteiger partial charge in [-0.25, -0.2) is 0 Å². The van der Waals surface area contributed by atoms with Crippen LogP contribution in [0.15, 0.2) is 0 Å². The van der Waals surface area contributed by atoms with Gasteiger partial charge in [-0.2, -0.15) is 0 Å². The smallest absolute Gasteiger partial charge is 0.222 e. The first-order valence-electron chi connectivity index (χ1n) is 4.59. The van der Waals surface area contributed by atoms with Crippen molar-refractivity contribution in [1.82, 2.24) is 4.90 Å². The molecular formula is C9H17NO. The van der Waals surface area contributed by atoms with Crippen molar-refractivity contribution in [1.29, 1.82) is 0 Å². The molecular weight excluding hydrogens is 138 g/mol. The molecule has 1 heterocycles. The molecule has 0 aromatic carbocycles. The summed E-state index contributed by atoms with van der Waals surface area (Å²) in [5, 5.41) is 0. The highest BCUT2D eigenvalue weighted by Gasteiger charge is 2.28. The largest absolute Gasteiger partial charge is 0.340 e. The van der Waals surface area contributed by atoms with Gasteiger partial charge in [0.25, 0.3) is 0 Å². The average molecular weight is 155 g/mol. The fourth-order valence-corrected chi connectivity index (χ4v) is 1.77. The first-order chi connectivity index (χ1) is 5.29. The quantitative estimate of drug-likeness (QED) is 0.608. The minimum atomic E-state index is 0.360. The summed E-state index contributed by atoms with van der Waals surface area (Å²) in [6.07, 6.45) is 4.06. The molecule has 2 heteroatoms. The lowest BCUT2D eigenvalue weighted by Gasteiger charge is -2.22. The molecule has 1 saturated heterocycles. The van der Waals surface area contributed by atoms with E-state index in [1.807, 2.05) is 4.90 Å². The minimum absolute atomic E-state index is 0.360. The van der Waals surface area contributed by atoms with Crippen LogP contribution < -0.4 is 0 Å². The summed E-state index contributed by atoms with van der Waals surface area (Å²) in [7, 11) is 0. The second kappa shape index (κ2) is 3.74. The van der Waals surface area contributed by atoms with Crippen molar-refractivity contribution in [3.63, 3.8) is 0 Å². The van der Waals surface area contributed by atoms with Crippen molar-refractivity contribution < 1.29 is 4.79 Å². The van der Waals surface area contributed by atoms with E-state index >= 15 is 0 Å². The van der Waals surface area contributed by atoms with Crippen LogP contribution in [0.5, 0.6) is 0 Å². The number of carbonyl (C=O) groups excluding carboxylic acids is 1. The molecule has 0 N–H and O–H groups in total. The first-order valence-corrected chi connectivity index (χ1v) is 4.59. The second-order valence-electron chi connectivity index (χ2n) is 3.19. The minimum Gasteiger partial charge on any atom is -0.340 e. The van der Waals surface area contributed by atoms with Crippen LogP contribution in [0.1, 0.15) is 39.5 Å². The maximum Gasteiger partial charge on any atom is 0.222 e. The molecule has 11 heavy (non-hydrogen) atoms. The third kappa shape index (κ3) is 1.73. The van der Waals surface area contributed by atoms with Gasteiger partial charge >= 0.3 is 0 Å². The Morgan fingerprint density at radius 1 is 1.55 bits per heavy atom. The molecule has 2 nitrogen and oxygen atoms in total. The van der Waals surface area contributed by atoms with E-state index in [0.29, 0.717) is 11.9 Å². The van der Waals surface area contributed by atoms with Crippen LogP contribution in [-0.4, -0.2) is 23.4 Å². The maximum atomic E-state index is 11.3. The Morgan fingerprint density at radius 2 is 2.27 bits per heavy atom. The normalized spacial score (nSPS) is 24.7. The molecule has 0 spiro atoms. The molecule has 0 aliphatic carbocycles. The molecule has 64 valence electrons. The van der Waals surface area contributed by atoms with Crippen molar-refractivity contribution >= 4 is 5.91 Å². The number of carbonyl (C=O) groups is 1. The summed E-state index contributed by atoms with van der Waals surface area (Å²) in [6, 6.07) is 0.544. The highest BCUT2D eigenvalue weighted by molar-refractivity contribution is 5.78. The summed E-state index contributed by atoms with van der Waals surface area (Å²) in [6.45, 7) is 5.24. The fraction of sp³-hybridized carbons (Fsp3) is 0.889. The van der Waals surface area contributed by atoms with Gasteiger partial charge in [-0.1, -0.05) is 13.8 Å². The monoisotopic (exact) mass is 155 g/mol. The van der Waals surface area contributed by atoms with Crippen LogP contribution in [0.2, 0.25) is 0 Å². The lowest BCUT2D eigenvalue weighted by molar-refractivity contribution is -0.129. The van der Waals surface area contributed by atoms with E-state index in [2.05, 4.69) is 13.8 Å². The predicted octanol–water partition coefficient (Wildman–Crippen LogP) is 1.80. The zero-order chi connectivity index (χ0) is 8.27. The molecule has 1 aliphatic heterocycles. The lowest BCUT2D eigenvalue weighted by atomic mass is 10.2. The Morgan fingerprint density at radius 3 is 2.82 bits per heavy atom. The number of rotatable bonds is 3. The summed E-state index contributed by atoms with van der Waals surface area (Å²) in [5.41, 5.74) is 0. The summed E-state index contributed by atoms with van der Waals surface area (Å²) >= 11 is 0. The van der Waals surface area contributed by atoms with E-state index < -0.39 is 0 Å². The Labute approximate surface area is 68.6 Å². The van der Waals surface area contributed by atoms with E-state index in [0.717, 1.165) is 32.2 Å². The lowest BCUT2D eigenvalue weighted by Crippen LogP contribution is -2.33. The molecule has 1 atom stereocenters. The van der Waals surface area contributed by atoms with Crippen molar-refractivity contribution in [3.8, 4) is 0 Å². The Balaban J connectivity index is 2.49. The number of hydrogen-bond acceptors (Lipinski definition) is 1. The number of likely N-dealkylation sites (tertiary alicyclic amines) is 1. The van der Waals surface area contributed by atoms with Crippen molar-refractivity contribution in [2.24, 2.45) is 0 Å². The van der Waals surface area contributed by atoms with Crippen LogP contribution in [0.3, 0.4) is 0 Å². The molecule has 0 bridgehead atoms. The van der Waals surface area contributed by atoms with Gasteiger partial charge in [-0.05, 0) is 19.3 Å². The van der Waals surface area contributed by atoms with Gasteiger partial charge in [-0.15, -0.1) is 0 Å². The zero-order valence-electron chi connectivity index (χ0n) is 7.47. The van der Waals surface area contributed by atoms with Gasteiger partial charge in [0, 0.05) is 19.0 Å². The van der Waals surface area contributed by atoms with E-state index in [1.54, 1.807) is 0 Å². The van der Waals surface area contributed by atoms with Gasteiger partial charge in [0.15, 0.2) is 0 Å². The SMILES string of the molecule is CCCN1C(=O)CCC1CC. The molecule has 0 aromatic heterocycles. The van der Waals surface area contributed by atoms with Crippen LogP contribution in [0.25, 0.3) is 0 Å². The molecule has 0 radical (unpaired) electrons. The van der Waals surface area contributed by atoms with E-state index in [4.69, 9.17) is 0 Å². The van der Waals surface area contributed by atoms with Crippen molar-refractivity contribution in [3.05, 3.63) is 0 Å². The molecule has 1 aliphatic rings. The van der Waals surface area contributed by atoms with Gasteiger partial charge < -0.3 is 4.90 Å². The highest BCUT2D eigenvalue weighted by Crippen LogP contribution is 2.20. The molecule has 1 amide bonds. The van der Waals surface area contributed by atoms with Gasteiger partial charge in [0.05, 0.1) is 0 Å².